The summed E-state index contributed by atoms with van der Waals surface area (Å²) in [6.07, 6.45) is 0. The van der Waals surface area contributed by atoms with Crippen LogP contribution in [0.3, 0.4) is 0 Å². The van der Waals surface area contributed by atoms with Crippen LogP contribution in [0.1, 0.15) is 24.2 Å². The molecule has 0 atom stereocenters. The van der Waals surface area contributed by atoms with Crippen LogP contribution in [0.15, 0.2) is 18.2 Å². The minimum absolute atomic E-state index is 0.0851. The van der Waals surface area contributed by atoms with Gasteiger partial charge in [0.2, 0.25) is 0 Å². The lowest BCUT2D eigenvalue weighted by Gasteiger charge is -2.33. The first-order valence-electron chi connectivity index (χ1n) is 5.76. The molecule has 1 aliphatic heterocycles. The largest absolute Gasteiger partial charge is 0.484 e. The van der Waals surface area contributed by atoms with Gasteiger partial charge in [0.25, 0.3) is 0 Å². The highest BCUT2D eigenvalue weighted by Gasteiger charge is 2.26. The number of ketones is 1. The maximum absolute atomic E-state index is 11.7. The van der Waals surface area contributed by atoms with E-state index in [1.165, 1.54) is 0 Å². The molecule has 0 aromatic heterocycles. The van der Waals surface area contributed by atoms with Gasteiger partial charge < -0.3 is 15.4 Å². The van der Waals surface area contributed by atoms with Crippen molar-refractivity contribution in [1.29, 1.82) is 0 Å². The number of hydrogen-bond acceptors (Lipinski definition) is 4. The Morgan fingerprint density at radius 2 is 2.29 bits per heavy atom. The maximum Gasteiger partial charge on any atom is 0.176 e. The van der Waals surface area contributed by atoms with Crippen LogP contribution in [-0.4, -0.2) is 31.5 Å². The van der Waals surface area contributed by atoms with Gasteiger partial charge in [-0.2, -0.15) is 0 Å². The van der Waals surface area contributed by atoms with Crippen LogP contribution in [0.25, 0.3) is 0 Å². The van der Waals surface area contributed by atoms with Gasteiger partial charge in [0.15, 0.2) is 5.78 Å². The summed E-state index contributed by atoms with van der Waals surface area (Å²) in [6, 6.07) is 5.51. The number of Topliss-reactive ketones (excluding diaryl/α,β-unsaturated/α-hetero) is 1. The van der Waals surface area contributed by atoms with E-state index in [9.17, 15) is 4.79 Å². The summed E-state index contributed by atoms with van der Waals surface area (Å²) in [5, 5.41) is 6.15. The molecule has 4 nitrogen and oxygen atoms in total. The van der Waals surface area contributed by atoms with Crippen molar-refractivity contribution in [3.63, 3.8) is 0 Å². The first-order valence-corrected chi connectivity index (χ1v) is 5.76. The van der Waals surface area contributed by atoms with Crippen molar-refractivity contribution in [2.75, 3.05) is 25.5 Å². The summed E-state index contributed by atoms with van der Waals surface area (Å²) >= 11 is 0. The molecule has 17 heavy (non-hydrogen) atoms. The van der Waals surface area contributed by atoms with E-state index in [4.69, 9.17) is 4.74 Å². The Hall–Kier alpha value is -1.55. The van der Waals surface area contributed by atoms with Crippen LogP contribution >= 0.6 is 0 Å². The van der Waals surface area contributed by atoms with Gasteiger partial charge in [-0.1, -0.05) is 0 Å². The fraction of sp³-hybridized carbons (Fsp3) is 0.462. The Labute approximate surface area is 101 Å². The van der Waals surface area contributed by atoms with Gasteiger partial charge >= 0.3 is 0 Å². The van der Waals surface area contributed by atoms with Gasteiger partial charge in [0, 0.05) is 5.56 Å². The molecular weight excluding hydrogens is 216 g/mol. The van der Waals surface area contributed by atoms with Crippen molar-refractivity contribution in [3.8, 4) is 5.75 Å². The summed E-state index contributed by atoms with van der Waals surface area (Å²) in [5.41, 5.74) is 1.39. The van der Waals surface area contributed by atoms with Gasteiger partial charge in [-0.15, -0.1) is 0 Å². The highest BCUT2D eigenvalue weighted by atomic mass is 16.5. The van der Waals surface area contributed by atoms with E-state index in [1.54, 1.807) is 7.05 Å². The number of ether oxygens (including phenoxy) is 1. The molecule has 1 aromatic carbocycles. The number of fused-ring (bicyclic) bond motifs is 1. The first kappa shape index (κ1) is 11.9. The molecule has 1 heterocycles. The molecule has 0 saturated carbocycles. The Kier molecular flexibility index (Phi) is 3.07. The van der Waals surface area contributed by atoms with E-state index in [0.717, 1.165) is 18.0 Å². The fourth-order valence-electron chi connectivity index (χ4n) is 1.84. The van der Waals surface area contributed by atoms with E-state index in [2.05, 4.69) is 10.6 Å². The average Bonchev–Trinajstić information content (AvgIpc) is 2.27. The van der Waals surface area contributed by atoms with Crippen LogP contribution in [0.5, 0.6) is 5.75 Å². The zero-order chi connectivity index (χ0) is 12.5. The quantitative estimate of drug-likeness (QED) is 0.781. The number of hydrogen-bond donors (Lipinski definition) is 2. The Morgan fingerprint density at radius 3 is 3.00 bits per heavy atom. The van der Waals surface area contributed by atoms with Gasteiger partial charge in [-0.25, -0.2) is 0 Å². The minimum atomic E-state index is -0.205. The van der Waals surface area contributed by atoms with E-state index in [0.29, 0.717) is 12.1 Å². The molecule has 0 saturated heterocycles. The van der Waals surface area contributed by atoms with Gasteiger partial charge in [-0.05, 0) is 39.1 Å². The minimum Gasteiger partial charge on any atom is -0.484 e. The molecular formula is C13H18N2O2. The lowest BCUT2D eigenvalue weighted by molar-refractivity contribution is 0.0993. The highest BCUT2D eigenvalue weighted by molar-refractivity contribution is 5.98. The number of likely N-dealkylation sites (N-methyl/N-ethyl adjacent to an activating group) is 1. The number of nitrogens with one attached hydrogen (secondary N) is 2. The first-order chi connectivity index (χ1) is 8.02. The molecule has 92 valence electrons. The van der Waals surface area contributed by atoms with Gasteiger partial charge in [-0.3, -0.25) is 4.79 Å². The van der Waals surface area contributed by atoms with Crippen LogP contribution < -0.4 is 15.4 Å². The molecule has 0 amide bonds. The Morgan fingerprint density at radius 1 is 1.53 bits per heavy atom. The van der Waals surface area contributed by atoms with Crippen LogP contribution in [0, 0.1) is 0 Å². The van der Waals surface area contributed by atoms with Crippen molar-refractivity contribution in [3.05, 3.63) is 23.8 Å². The molecule has 0 fully saturated rings. The predicted molar refractivity (Wildman–Crippen MR) is 67.9 cm³/mol. The zero-order valence-electron chi connectivity index (χ0n) is 10.5. The number of carbonyl (C=O) groups is 1. The molecule has 4 heteroatoms. The Bertz CT molecular complexity index is 441. The van der Waals surface area contributed by atoms with E-state index in [1.807, 2.05) is 32.0 Å². The lowest BCUT2D eigenvalue weighted by atomic mass is 10.0. The summed E-state index contributed by atoms with van der Waals surface area (Å²) in [6.45, 7) is 5.15. The third kappa shape index (κ3) is 2.58. The second-order valence-corrected chi connectivity index (χ2v) is 4.88. The van der Waals surface area contributed by atoms with Crippen molar-refractivity contribution in [2.45, 2.75) is 19.4 Å². The Balaban J connectivity index is 2.24. The number of anilines is 1. The van der Waals surface area contributed by atoms with E-state index in [-0.39, 0.29) is 11.4 Å². The number of benzene rings is 1. The molecule has 0 radical (unpaired) electrons. The topological polar surface area (TPSA) is 50.4 Å². The molecule has 1 aliphatic rings. The molecule has 0 unspecified atom stereocenters. The second kappa shape index (κ2) is 4.37. The van der Waals surface area contributed by atoms with Crippen LogP contribution in [0.4, 0.5) is 5.69 Å². The third-order valence-corrected chi connectivity index (χ3v) is 2.73. The summed E-state index contributed by atoms with van der Waals surface area (Å²) < 4.78 is 5.82. The smallest absolute Gasteiger partial charge is 0.176 e. The van der Waals surface area contributed by atoms with Crippen molar-refractivity contribution < 1.29 is 9.53 Å². The SMILES string of the molecule is CNCC(=O)c1ccc2c(c1)NCC(C)(C)O2. The standard InChI is InChI=1S/C13H18N2O2/c1-13(2)8-15-10-6-9(11(16)7-14-3)4-5-12(10)17-13/h4-6,14-15H,7-8H2,1-3H3. The van der Waals surface area contributed by atoms with E-state index >= 15 is 0 Å². The second-order valence-electron chi connectivity index (χ2n) is 4.88. The lowest BCUT2D eigenvalue weighted by Crippen LogP contribution is -2.40. The summed E-state index contributed by atoms with van der Waals surface area (Å²) in [5.74, 6) is 0.893. The van der Waals surface area contributed by atoms with Gasteiger partial charge in [0.05, 0.1) is 18.8 Å². The fourth-order valence-corrected chi connectivity index (χ4v) is 1.84. The van der Waals surface area contributed by atoms with Gasteiger partial charge in [0.1, 0.15) is 11.4 Å². The molecule has 0 spiro atoms. The monoisotopic (exact) mass is 234 g/mol. The average molecular weight is 234 g/mol. The van der Waals surface area contributed by atoms with Crippen LogP contribution in [-0.2, 0) is 0 Å². The van der Waals surface area contributed by atoms with Crippen LogP contribution in [0.2, 0.25) is 0 Å². The summed E-state index contributed by atoms with van der Waals surface area (Å²) in [7, 11) is 1.76. The molecule has 0 bridgehead atoms. The van der Waals surface area contributed by atoms with Crippen molar-refractivity contribution >= 4 is 11.5 Å². The molecule has 0 aliphatic carbocycles. The summed E-state index contributed by atoms with van der Waals surface area (Å²) in [4.78, 5) is 11.7. The number of rotatable bonds is 3. The normalized spacial score (nSPS) is 16.6. The predicted octanol–water partition coefficient (Wildman–Crippen LogP) is 1.67. The molecule has 2 rings (SSSR count). The number of carbonyl (C=O) groups excluding carboxylic acids is 1. The highest BCUT2D eigenvalue weighted by Crippen LogP contribution is 2.33. The zero-order valence-corrected chi connectivity index (χ0v) is 10.5. The maximum atomic E-state index is 11.7. The third-order valence-electron chi connectivity index (χ3n) is 2.73. The van der Waals surface area contributed by atoms with Crippen molar-refractivity contribution in [2.24, 2.45) is 0 Å². The van der Waals surface area contributed by atoms with Crippen molar-refractivity contribution in [1.82, 2.24) is 5.32 Å². The molecule has 2 N–H and O–H groups in total. The molecule has 1 aromatic rings. The van der Waals surface area contributed by atoms with E-state index < -0.39 is 0 Å².